The van der Waals surface area contributed by atoms with Gasteiger partial charge < -0.3 is 15.7 Å². The number of halogens is 2. The highest BCUT2D eigenvalue weighted by atomic mass is 19.1. The second-order valence-electron chi connectivity index (χ2n) is 4.46. The molecule has 0 aromatic heterocycles. The monoisotopic (exact) mass is 292 g/mol. The van der Waals surface area contributed by atoms with Gasteiger partial charge in [-0.1, -0.05) is 23.4 Å². The standard InChI is InChI=1S/C15H14F2N2O2/c1-9-3-2-4-13(14(9)17)21-8-10-5-6-11(16)7-12(10)15(18)19-20/h2-7,20H,8H2,1H3,(H2,18,19). The fourth-order valence-electron chi connectivity index (χ4n) is 1.85. The van der Waals surface area contributed by atoms with Crippen molar-refractivity contribution < 1.29 is 18.7 Å². The first-order chi connectivity index (χ1) is 10.0. The molecule has 0 bridgehead atoms. The predicted molar refractivity (Wildman–Crippen MR) is 74.4 cm³/mol. The van der Waals surface area contributed by atoms with Crippen molar-refractivity contribution in [3.63, 3.8) is 0 Å². The van der Waals surface area contributed by atoms with Gasteiger partial charge in [-0.2, -0.15) is 0 Å². The van der Waals surface area contributed by atoms with Gasteiger partial charge in [-0.3, -0.25) is 0 Å². The number of hydrogen-bond acceptors (Lipinski definition) is 3. The van der Waals surface area contributed by atoms with E-state index in [0.29, 0.717) is 11.1 Å². The van der Waals surface area contributed by atoms with Crippen molar-refractivity contribution in [1.82, 2.24) is 0 Å². The van der Waals surface area contributed by atoms with Crippen molar-refractivity contribution in [2.75, 3.05) is 0 Å². The van der Waals surface area contributed by atoms with Gasteiger partial charge in [0.05, 0.1) is 0 Å². The molecule has 110 valence electrons. The molecule has 0 atom stereocenters. The zero-order chi connectivity index (χ0) is 15.4. The molecule has 2 aromatic rings. The largest absolute Gasteiger partial charge is 0.486 e. The molecule has 6 heteroatoms. The smallest absolute Gasteiger partial charge is 0.170 e. The van der Waals surface area contributed by atoms with E-state index in [2.05, 4.69) is 5.16 Å². The molecule has 4 nitrogen and oxygen atoms in total. The molecule has 0 radical (unpaired) electrons. The van der Waals surface area contributed by atoms with Crippen molar-refractivity contribution in [1.29, 1.82) is 0 Å². The third-order valence-corrected chi connectivity index (χ3v) is 3.00. The van der Waals surface area contributed by atoms with E-state index in [0.717, 1.165) is 6.07 Å². The maximum Gasteiger partial charge on any atom is 0.170 e. The SMILES string of the molecule is Cc1cccc(OCc2ccc(F)cc2/C(N)=N/O)c1F. The summed E-state index contributed by atoms with van der Waals surface area (Å²) in [6.45, 7) is 1.59. The zero-order valence-electron chi connectivity index (χ0n) is 11.3. The lowest BCUT2D eigenvalue weighted by Gasteiger charge is -2.11. The van der Waals surface area contributed by atoms with Crippen molar-refractivity contribution in [2.45, 2.75) is 13.5 Å². The summed E-state index contributed by atoms with van der Waals surface area (Å²) in [6.07, 6.45) is 0. The molecule has 0 fully saturated rings. The Balaban J connectivity index is 2.26. The van der Waals surface area contributed by atoms with Gasteiger partial charge in [0, 0.05) is 11.1 Å². The lowest BCUT2D eigenvalue weighted by Crippen LogP contribution is -2.17. The number of rotatable bonds is 4. The minimum absolute atomic E-state index is 0.0355. The van der Waals surface area contributed by atoms with Crippen LogP contribution in [0.4, 0.5) is 8.78 Å². The average Bonchev–Trinajstić information content (AvgIpc) is 2.49. The Morgan fingerprint density at radius 1 is 1.29 bits per heavy atom. The van der Waals surface area contributed by atoms with Crippen LogP contribution in [-0.2, 0) is 6.61 Å². The first-order valence-corrected chi connectivity index (χ1v) is 6.17. The summed E-state index contributed by atoms with van der Waals surface area (Å²) in [4.78, 5) is 0. The molecule has 3 N–H and O–H groups in total. The Kier molecular flexibility index (Phi) is 4.37. The number of nitrogens with two attached hydrogens (primary N) is 1. The van der Waals surface area contributed by atoms with Crippen molar-refractivity contribution in [3.05, 3.63) is 64.7 Å². The fraction of sp³-hybridized carbons (Fsp3) is 0.133. The van der Waals surface area contributed by atoms with Crippen LogP contribution in [0.2, 0.25) is 0 Å². The maximum atomic E-state index is 13.8. The van der Waals surface area contributed by atoms with Crippen LogP contribution in [0.5, 0.6) is 5.75 Å². The first kappa shape index (κ1) is 14.8. The highest BCUT2D eigenvalue weighted by Gasteiger charge is 2.11. The molecule has 21 heavy (non-hydrogen) atoms. The summed E-state index contributed by atoms with van der Waals surface area (Å²) in [5, 5.41) is 11.6. The molecule has 0 unspecified atom stereocenters. The zero-order valence-corrected chi connectivity index (χ0v) is 11.3. The molecule has 0 aliphatic rings. The number of ether oxygens (including phenoxy) is 1. The number of hydrogen-bond donors (Lipinski definition) is 2. The molecular weight excluding hydrogens is 278 g/mol. The van der Waals surface area contributed by atoms with Crippen LogP contribution in [0.15, 0.2) is 41.6 Å². The summed E-state index contributed by atoms with van der Waals surface area (Å²) < 4.78 is 32.4. The van der Waals surface area contributed by atoms with Gasteiger partial charge in [-0.15, -0.1) is 0 Å². The summed E-state index contributed by atoms with van der Waals surface area (Å²) in [5.41, 5.74) is 6.63. The van der Waals surface area contributed by atoms with Crippen LogP contribution < -0.4 is 10.5 Å². The lowest BCUT2D eigenvalue weighted by atomic mass is 10.1. The lowest BCUT2D eigenvalue weighted by molar-refractivity contribution is 0.289. The average molecular weight is 292 g/mol. The van der Waals surface area contributed by atoms with E-state index in [1.54, 1.807) is 19.1 Å². The minimum atomic E-state index is -0.526. The van der Waals surface area contributed by atoms with E-state index >= 15 is 0 Å². The highest BCUT2D eigenvalue weighted by Crippen LogP contribution is 2.22. The molecule has 0 saturated carbocycles. The highest BCUT2D eigenvalue weighted by molar-refractivity contribution is 5.98. The number of aryl methyl sites for hydroxylation is 1. The predicted octanol–water partition coefficient (Wildman–Crippen LogP) is 2.95. The normalized spacial score (nSPS) is 11.5. The van der Waals surface area contributed by atoms with Gasteiger partial charge >= 0.3 is 0 Å². The summed E-state index contributed by atoms with van der Waals surface area (Å²) >= 11 is 0. The molecule has 2 aromatic carbocycles. The van der Waals surface area contributed by atoms with Gasteiger partial charge in [0.25, 0.3) is 0 Å². The minimum Gasteiger partial charge on any atom is -0.486 e. The number of amidine groups is 1. The van der Waals surface area contributed by atoms with Crippen LogP contribution in [0, 0.1) is 18.6 Å². The van der Waals surface area contributed by atoms with E-state index in [4.69, 9.17) is 15.7 Å². The van der Waals surface area contributed by atoms with Gasteiger partial charge in [0.1, 0.15) is 12.4 Å². The second-order valence-corrected chi connectivity index (χ2v) is 4.46. The van der Waals surface area contributed by atoms with Crippen LogP contribution >= 0.6 is 0 Å². The van der Waals surface area contributed by atoms with Gasteiger partial charge in [-0.25, -0.2) is 8.78 Å². The van der Waals surface area contributed by atoms with Crippen LogP contribution in [0.1, 0.15) is 16.7 Å². The molecule has 0 saturated heterocycles. The first-order valence-electron chi connectivity index (χ1n) is 6.17. The Morgan fingerprint density at radius 2 is 2.05 bits per heavy atom. The Morgan fingerprint density at radius 3 is 2.76 bits per heavy atom. The quantitative estimate of drug-likeness (QED) is 0.394. The molecule has 0 aliphatic heterocycles. The maximum absolute atomic E-state index is 13.8. The van der Waals surface area contributed by atoms with E-state index in [1.807, 2.05) is 0 Å². The Bertz CT molecular complexity index is 687. The van der Waals surface area contributed by atoms with Crippen LogP contribution in [0.25, 0.3) is 0 Å². The summed E-state index contributed by atoms with van der Waals surface area (Å²) in [7, 11) is 0. The van der Waals surface area contributed by atoms with E-state index < -0.39 is 11.6 Å². The van der Waals surface area contributed by atoms with E-state index in [9.17, 15) is 8.78 Å². The summed E-state index contributed by atoms with van der Waals surface area (Å²) in [6, 6.07) is 8.58. The molecule has 2 rings (SSSR count). The van der Waals surface area contributed by atoms with Crippen molar-refractivity contribution >= 4 is 5.84 Å². The fourth-order valence-corrected chi connectivity index (χ4v) is 1.85. The van der Waals surface area contributed by atoms with Crippen LogP contribution in [0.3, 0.4) is 0 Å². The molecule has 0 spiro atoms. The van der Waals surface area contributed by atoms with Gasteiger partial charge in [-0.05, 0) is 30.7 Å². The van der Waals surface area contributed by atoms with Crippen molar-refractivity contribution in [2.24, 2.45) is 10.9 Å². The number of nitrogens with zero attached hydrogens (tertiary/aromatic N) is 1. The summed E-state index contributed by atoms with van der Waals surface area (Å²) in [5.74, 6) is -1.13. The van der Waals surface area contributed by atoms with Gasteiger partial charge in [0.15, 0.2) is 17.4 Å². The molecule has 0 aliphatic carbocycles. The van der Waals surface area contributed by atoms with Gasteiger partial charge in [0.2, 0.25) is 0 Å². The topological polar surface area (TPSA) is 67.8 Å². The molecular formula is C15H14F2N2O2. The van der Waals surface area contributed by atoms with E-state index in [1.165, 1.54) is 18.2 Å². The number of benzene rings is 2. The van der Waals surface area contributed by atoms with E-state index in [-0.39, 0.29) is 23.8 Å². The molecule has 0 amide bonds. The Labute approximate surface area is 120 Å². The third-order valence-electron chi connectivity index (χ3n) is 3.00. The van der Waals surface area contributed by atoms with Crippen molar-refractivity contribution in [3.8, 4) is 5.75 Å². The second kappa shape index (κ2) is 6.21. The number of oxime groups is 1. The molecule has 0 heterocycles. The third kappa shape index (κ3) is 3.28. The Hall–Kier alpha value is -2.63. The van der Waals surface area contributed by atoms with Crippen LogP contribution in [-0.4, -0.2) is 11.0 Å².